The molecule has 1 fully saturated rings. The predicted octanol–water partition coefficient (Wildman–Crippen LogP) is 0.655. The number of fused-ring (bicyclic) bond motifs is 1. The Morgan fingerprint density at radius 1 is 1.23 bits per heavy atom. The number of pyridine rings is 1. The minimum Gasteiger partial charge on any atom is -0.394 e. The van der Waals surface area contributed by atoms with Crippen molar-refractivity contribution < 1.29 is 9.84 Å². The number of nitrogens with zero attached hydrogens (tertiary/aromatic N) is 6. The number of aliphatic hydroxyl groups excluding tert-OH is 1. The van der Waals surface area contributed by atoms with Crippen molar-refractivity contribution in [2.75, 3.05) is 32.1 Å². The number of aliphatic hydroxyl groups is 1. The van der Waals surface area contributed by atoms with Gasteiger partial charge in [0.1, 0.15) is 18.1 Å². The average molecular weight is 355 g/mol. The minimum absolute atomic E-state index is 0.0350. The van der Waals surface area contributed by atoms with Gasteiger partial charge in [-0.3, -0.25) is 14.5 Å². The maximum atomic E-state index is 9.66. The summed E-state index contributed by atoms with van der Waals surface area (Å²) in [5.74, 6) is 0.678. The lowest BCUT2D eigenvalue weighted by Crippen LogP contribution is -2.46. The van der Waals surface area contributed by atoms with E-state index in [0.717, 1.165) is 6.54 Å². The van der Waals surface area contributed by atoms with Crippen LogP contribution in [-0.4, -0.2) is 67.4 Å². The van der Waals surface area contributed by atoms with Gasteiger partial charge in [-0.1, -0.05) is 0 Å². The number of hydrogen-bond acceptors (Lipinski definition) is 8. The van der Waals surface area contributed by atoms with Gasteiger partial charge in [-0.25, -0.2) is 15.0 Å². The van der Waals surface area contributed by atoms with Gasteiger partial charge in [0.25, 0.3) is 0 Å². The molecule has 26 heavy (non-hydrogen) atoms. The molecule has 1 aliphatic heterocycles. The van der Waals surface area contributed by atoms with Crippen molar-refractivity contribution in [2.45, 2.75) is 18.9 Å². The van der Waals surface area contributed by atoms with E-state index in [1.54, 1.807) is 25.8 Å². The van der Waals surface area contributed by atoms with Crippen LogP contribution in [0.2, 0.25) is 0 Å². The first kappa shape index (κ1) is 16.8. The number of nitrogens with one attached hydrogen (secondary N) is 1. The number of anilines is 1. The van der Waals surface area contributed by atoms with E-state index in [2.05, 4.69) is 30.2 Å². The zero-order chi connectivity index (χ0) is 17.9. The van der Waals surface area contributed by atoms with Gasteiger partial charge in [0.05, 0.1) is 19.0 Å². The monoisotopic (exact) mass is 355 g/mol. The fourth-order valence-corrected chi connectivity index (χ4v) is 3.27. The van der Waals surface area contributed by atoms with Crippen LogP contribution in [0.1, 0.15) is 11.8 Å². The molecule has 3 aromatic rings. The third-order valence-corrected chi connectivity index (χ3v) is 4.49. The fourth-order valence-electron chi connectivity index (χ4n) is 3.27. The van der Waals surface area contributed by atoms with E-state index in [-0.39, 0.29) is 18.9 Å². The third-order valence-electron chi connectivity index (χ3n) is 4.49. The van der Waals surface area contributed by atoms with E-state index in [0.29, 0.717) is 30.1 Å². The van der Waals surface area contributed by atoms with Crippen LogP contribution in [0.15, 0.2) is 37.2 Å². The van der Waals surface area contributed by atoms with E-state index < -0.39 is 0 Å². The lowest BCUT2D eigenvalue weighted by atomic mass is 10.2. The molecule has 9 heteroatoms. The topological polar surface area (TPSA) is 101 Å². The van der Waals surface area contributed by atoms with Crippen LogP contribution in [0, 0.1) is 0 Å². The molecule has 2 atom stereocenters. The van der Waals surface area contributed by atoms with Crippen molar-refractivity contribution in [3.63, 3.8) is 0 Å². The molecule has 136 valence electrons. The standard InChI is InChI=1S/C17H21N7O2/c1-18-16-15-17(21-10-20-16)24(11-22-15)14-8-23(7-13(9-25)26-14)6-12-2-4-19-5-3-12/h2-5,10-11,13-14,25H,6-9H2,1H3,(H,18,20,21)/t13-,14+/m0/s1. The molecule has 2 N–H and O–H groups in total. The summed E-state index contributed by atoms with van der Waals surface area (Å²) in [6.45, 7) is 2.07. The first-order chi connectivity index (χ1) is 12.8. The molecule has 3 aromatic heterocycles. The molecule has 0 aliphatic carbocycles. The van der Waals surface area contributed by atoms with Crippen LogP contribution < -0.4 is 5.32 Å². The van der Waals surface area contributed by atoms with Gasteiger partial charge in [0, 0.05) is 39.1 Å². The van der Waals surface area contributed by atoms with Gasteiger partial charge in [0.2, 0.25) is 0 Å². The van der Waals surface area contributed by atoms with Gasteiger partial charge >= 0.3 is 0 Å². The lowest BCUT2D eigenvalue weighted by molar-refractivity contribution is -0.135. The van der Waals surface area contributed by atoms with E-state index in [9.17, 15) is 5.11 Å². The quantitative estimate of drug-likeness (QED) is 0.688. The molecule has 4 heterocycles. The van der Waals surface area contributed by atoms with E-state index in [1.165, 1.54) is 11.9 Å². The molecular weight excluding hydrogens is 334 g/mol. The molecule has 4 rings (SSSR count). The zero-order valence-corrected chi connectivity index (χ0v) is 14.5. The summed E-state index contributed by atoms with van der Waals surface area (Å²) < 4.78 is 7.97. The Kier molecular flexibility index (Phi) is 4.74. The molecule has 0 radical (unpaired) electrons. The van der Waals surface area contributed by atoms with Gasteiger partial charge in [0.15, 0.2) is 11.5 Å². The lowest BCUT2D eigenvalue weighted by Gasteiger charge is -2.37. The highest BCUT2D eigenvalue weighted by molar-refractivity contribution is 5.82. The SMILES string of the molecule is CNc1ncnc2c1ncn2[C@H]1CN(Cc2ccncc2)C[C@@H](CO)O1. The van der Waals surface area contributed by atoms with Crippen LogP contribution >= 0.6 is 0 Å². The van der Waals surface area contributed by atoms with Crippen LogP contribution in [0.4, 0.5) is 5.82 Å². The van der Waals surface area contributed by atoms with Crippen molar-refractivity contribution in [1.82, 2.24) is 29.4 Å². The van der Waals surface area contributed by atoms with Crippen molar-refractivity contribution in [1.29, 1.82) is 0 Å². The molecule has 9 nitrogen and oxygen atoms in total. The van der Waals surface area contributed by atoms with Crippen LogP contribution in [0.3, 0.4) is 0 Å². The van der Waals surface area contributed by atoms with Crippen molar-refractivity contribution in [2.24, 2.45) is 0 Å². The molecule has 0 saturated carbocycles. The minimum atomic E-state index is -0.285. The largest absolute Gasteiger partial charge is 0.394 e. The maximum Gasteiger partial charge on any atom is 0.167 e. The van der Waals surface area contributed by atoms with E-state index >= 15 is 0 Å². The van der Waals surface area contributed by atoms with Crippen molar-refractivity contribution in [3.05, 3.63) is 42.7 Å². The number of rotatable bonds is 5. The summed E-state index contributed by atoms with van der Waals surface area (Å²) >= 11 is 0. The van der Waals surface area contributed by atoms with Crippen LogP contribution in [0.25, 0.3) is 11.2 Å². The summed E-state index contributed by atoms with van der Waals surface area (Å²) in [6.07, 6.45) is 6.25. The molecule has 0 bridgehead atoms. The second-order valence-corrected chi connectivity index (χ2v) is 6.24. The Hall–Kier alpha value is -2.62. The van der Waals surface area contributed by atoms with Crippen molar-refractivity contribution >= 4 is 17.0 Å². The number of morpholine rings is 1. The maximum absolute atomic E-state index is 9.66. The highest BCUT2D eigenvalue weighted by atomic mass is 16.5. The molecule has 0 aromatic carbocycles. The highest BCUT2D eigenvalue weighted by Gasteiger charge is 2.30. The van der Waals surface area contributed by atoms with Gasteiger partial charge < -0.3 is 15.2 Å². The summed E-state index contributed by atoms with van der Waals surface area (Å²) in [7, 11) is 1.80. The Labute approximate surface area is 150 Å². The number of hydrogen-bond donors (Lipinski definition) is 2. The van der Waals surface area contributed by atoms with E-state index in [4.69, 9.17) is 4.74 Å². The normalized spacial score (nSPS) is 21.2. The van der Waals surface area contributed by atoms with Gasteiger partial charge in [-0.2, -0.15) is 0 Å². The Morgan fingerprint density at radius 2 is 2.08 bits per heavy atom. The molecule has 0 unspecified atom stereocenters. The Balaban J connectivity index is 1.61. The summed E-state index contributed by atoms with van der Waals surface area (Å²) in [5, 5.41) is 12.7. The fraction of sp³-hybridized carbons (Fsp3) is 0.412. The van der Waals surface area contributed by atoms with Gasteiger partial charge in [-0.05, 0) is 17.7 Å². The van der Waals surface area contributed by atoms with Crippen molar-refractivity contribution in [3.8, 4) is 0 Å². The smallest absolute Gasteiger partial charge is 0.167 e. The summed E-state index contributed by atoms with van der Waals surface area (Å²) in [5.41, 5.74) is 2.58. The first-order valence-electron chi connectivity index (χ1n) is 8.51. The van der Waals surface area contributed by atoms with Gasteiger partial charge in [-0.15, -0.1) is 0 Å². The Bertz CT molecular complexity index is 870. The molecule has 0 amide bonds. The third kappa shape index (κ3) is 3.24. The average Bonchev–Trinajstić information content (AvgIpc) is 3.12. The van der Waals surface area contributed by atoms with Crippen LogP contribution in [-0.2, 0) is 11.3 Å². The highest BCUT2D eigenvalue weighted by Crippen LogP contribution is 2.26. The Morgan fingerprint density at radius 3 is 2.85 bits per heavy atom. The second kappa shape index (κ2) is 7.32. The molecule has 1 saturated heterocycles. The molecule has 0 spiro atoms. The second-order valence-electron chi connectivity index (χ2n) is 6.24. The first-order valence-corrected chi connectivity index (χ1v) is 8.51. The number of ether oxygens (including phenoxy) is 1. The zero-order valence-electron chi connectivity index (χ0n) is 14.5. The molecular formula is C17H21N7O2. The summed E-state index contributed by atoms with van der Waals surface area (Å²) in [4.78, 5) is 19.3. The molecule has 1 aliphatic rings. The number of imidazole rings is 1. The van der Waals surface area contributed by atoms with Crippen LogP contribution in [0.5, 0.6) is 0 Å². The van der Waals surface area contributed by atoms with E-state index in [1.807, 2.05) is 16.7 Å². The predicted molar refractivity (Wildman–Crippen MR) is 95.4 cm³/mol. The number of aromatic nitrogens is 5. The summed E-state index contributed by atoms with van der Waals surface area (Å²) in [6, 6.07) is 3.99.